The third-order valence-corrected chi connectivity index (χ3v) is 2.97. The Morgan fingerprint density at radius 2 is 2.33 bits per heavy atom. The van der Waals surface area contributed by atoms with Crippen LogP contribution in [-0.4, -0.2) is 24.1 Å². The van der Waals surface area contributed by atoms with Crippen LogP contribution in [0, 0.1) is 0 Å². The third-order valence-electron chi connectivity index (χ3n) is 2.97. The summed E-state index contributed by atoms with van der Waals surface area (Å²) in [4.78, 5) is 10.8. The first kappa shape index (κ1) is 10.2. The maximum absolute atomic E-state index is 10.8. The van der Waals surface area contributed by atoms with Crippen molar-refractivity contribution < 1.29 is 14.6 Å². The standard InChI is InChI=1S/C12H14O3/c1-15-11-4-2-3-9-7-12(14,8-13)6-5-10(9)11/h2-4,8,14H,5-7H2,1H3. The predicted molar refractivity (Wildman–Crippen MR) is 56.0 cm³/mol. The van der Waals surface area contributed by atoms with Gasteiger partial charge in [0.2, 0.25) is 0 Å². The van der Waals surface area contributed by atoms with Crippen LogP contribution in [0.25, 0.3) is 0 Å². The van der Waals surface area contributed by atoms with Crippen molar-refractivity contribution in [3.05, 3.63) is 29.3 Å². The van der Waals surface area contributed by atoms with Crippen molar-refractivity contribution in [2.45, 2.75) is 24.9 Å². The average molecular weight is 206 g/mol. The van der Waals surface area contributed by atoms with Crippen LogP contribution in [0.5, 0.6) is 5.75 Å². The Hall–Kier alpha value is -1.35. The SMILES string of the molecule is COc1cccc2c1CCC(O)(C=O)C2. The van der Waals surface area contributed by atoms with Gasteiger partial charge in [-0.3, -0.25) is 0 Å². The van der Waals surface area contributed by atoms with Gasteiger partial charge in [0.15, 0.2) is 6.29 Å². The van der Waals surface area contributed by atoms with Gasteiger partial charge in [-0.15, -0.1) is 0 Å². The third kappa shape index (κ3) is 1.75. The molecule has 0 saturated heterocycles. The van der Waals surface area contributed by atoms with Gasteiger partial charge in [-0.2, -0.15) is 0 Å². The molecule has 80 valence electrons. The van der Waals surface area contributed by atoms with Crippen molar-refractivity contribution in [2.75, 3.05) is 7.11 Å². The minimum atomic E-state index is -1.18. The molecule has 0 amide bonds. The van der Waals surface area contributed by atoms with E-state index < -0.39 is 5.60 Å². The van der Waals surface area contributed by atoms with Crippen molar-refractivity contribution in [2.24, 2.45) is 0 Å². The second kappa shape index (κ2) is 3.66. The molecule has 0 radical (unpaired) electrons. The maximum atomic E-state index is 10.8. The van der Waals surface area contributed by atoms with Crippen LogP contribution in [0.1, 0.15) is 17.5 Å². The second-order valence-corrected chi connectivity index (χ2v) is 4.00. The van der Waals surface area contributed by atoms with Crippen molar-refractivity contribution in [3.63, 3.8) is 0 Å². The van der Waals surface area contributed by atoms with Gasteiger partial charge in [0.05, 0.1) is 7.11 Å². The molecule has 0 fully saturated rings. The molecule has 1 aliphatic rings. The summed E-state index contributed by atoms with van der Waals surface area (Å²) >= 11 is 0. The van der Waals surface area contributed by atoms with Gasteiger partial charge < -0.3 is 14.6 Å². The lowest BCUT2D eigenvalue weighted by atomic mass is 9.81. The summed E-state index contributed by atoms with van der Waals surface area (Å²) in [5, 5.41) is 9.88. The van der Waals surface area contributed by atoms with Crippen molar-refractivity contribution >= 4 is 6.29 Å². The molecule has 0 bridgehead atoms. The lowest BCUT2D eigenvalue weighted by Gasteiger charge is -2.29. The Labute approximate surface area is 88.7 Å². The van der Waals surface area contributed by atoms with E-state index in [2.05, 4.69) is 0 Å². The normalized spacial score (nSPS) is 24.4. The molecular weight excluding hydrogens is 192 g/mol. The zero-order chi connectivity index (χ0) is 10.9. The molecule has 0 saturated carbocycles. The van der Waals surface area contributed by atoms with Crippen LogP contribution in [-0.2, 0) is 17.6 Å². The first-order valence-electron chi connectivity index (χ1n) is 5.02. The summed E-state index contributed by atoms with van der Waals surface area (Å²) < 4.78 is 5.24. The van der Waals surface area contributed by atoms with E-state index in [0.29, 0.717) is 25.5 Å². The lowest BCUT2D eigenvalue weighted by Crippen LogP contribution is -2.37. The van der Waals surface area contributed by atoms with E-state index in [1.54, 1.807) is 7.11 Å². The van der Waals surface area contributed by atoms with E-state index in [1.807, 2.05) is 18.2 Å². The van der Waals surface area contributed by atoms with Gasteiger partial charge >= 0.3 is 0 Å². The van der Waals surface area contributed by atoms with Gasteiger partial charge in [-0.05, 0) is 30.0 Å². The van der Waals surface area contributed by atoms with Crippen molar-refractivity contribution in [3.8, 4) is 5.75 Å². The molecule has 1 aliphatic carbocycles. The van der Waals surface area contributed by atoms with E-state index in [0.717, 1.165) is 16.9 Å². The molecule has 0 spiro atoms. The molecule has 0 heterocycles. The first-order chi connectivity index (χ1) is 7.18. The minimum absolute atomic E-state index is 0.392. The number of hydrogen-bond donors (Lipinski definition) is 1. The summed E-state index contributed by atoms with van der Waals surface area (Å²) in [6.07, 6.45) is 2.21. The molecule has 1 N–H and O–H groups in total. The maximum Gasteiger partial charge on any atom is 0.151 e. The van der Waals surface area contributed by atoms with Crippen LogP contribution in [0.4, 0.5) is 0 Å². The van der Waals surface area contributed by atoms with Gasteiger partial charge in [0.25, 0.3) is 0 Å². The molecule has 0 aromatic heterocycles. The highest BCUT2D eigenvalue weighted by atomic mass is 16.5. The minimum Gasteiger partial charge on any atom is -0.496 e. The molecule has 3 nitrogen and oxygen atoms in total. The van der Waals surface area contributed by atoms with Crippen LogP contribution >= 0.6 is 0 Å². The Morgan fingerprint density at radius 3 is 3.00 bits per heavy atom. The zero-order valence-corrected chi connectivity index (χ0v) is 8.69. The van der Waals surface area contributed by atoms with Crippen molar-refractivity contribution in [1.82, 2.24) is 0 Å². The van der Waals surface area contributed by atoms with E-state index in [1.165, 1.54) is 0 Å². The fourth-order valence-corrected chi connectivity index (χ4v) is 2.11. The van der Waals surface area contributed by atoms with Crippen LogP contribution in [0.15, 0.2) is 18.2 Å². The van der Waals surface area contributed by atoms with E-state index >= 15 is 0 Å². The van der Waals surface area contributed by atoms with Crippen LogP contribution < -0.4 is 4.74 Å². The topological polar surface area (TPSA) is 46.5 Å². The van der Waals surface area contributed by atoms with Gasteiger partial charge in [-0.25, -0.2) is 0 Å². The highest BCUT2D eigenvalue weighted by Crippen LogP contribution is 2.33. The molecule has 1 aromatic rings. The summed E-state index contributed by atoms with van der Waals surface area (Å²) in [5.74, 6) is 0.848. The summed E-state index contributed by atoms with van der Waals surface area (Å²) in [6, 6.07) is 5.73. The summed E-state index contributed by atoms with van der Waals surface area (Å²) in [7, 11) is 1.64. The first-order valence-corrected chi connectivity index (χ1v) is 5.02. The molecule has 15 heavy (non-hydrogen) atoms. The number of carbonyl (C=O) groups excluding carboxylic acids is 1. The number of aldehydes is 1. The predicted octanol–water partition coefficient (Wildman–Crippen LogP) is 1.11. The summed E-state index contributed by atoms with van der Waals surface area (Å²) in [6.45, 7) is 0. The number of fused-ring (bicyclic) bond motifs is 1. The highest BCUT2D eigenvalue weighted by molar-refractivity contribution is 5.64. The fraction of sp³-hybridized carbons (Fsp3) is 0.417. The quantitative estimate of drug-likeness (QED) is 0.737. The van der Waals surface area contributed by atoms with Crippen LogP contribution in [0.3, 0.4) is 0 Å². The number of aliphatic hydroxyl groups is 1. The van der Waals surface area contributed by atoms with E-state index in [4.69, 9.17) is 4.74 Å². The second-order valence-electron chi connectivity index (χ2n) is 4.00. The number of benzene rings is 1. The van der Waals surface area contributed by atoms with Gasteiger partial charge in [0.1, 0.15) is 11.4 Å². The number of methoxy groups -OCH3 is 1. The Balaban J connectivity index is 2.39. The molecule has 2 rings (SSSR count). The number of ether oxygens (including phenoxy) is 1. The molecule has 1 unspecified atom stereocenters. The van der Waals surface area contributed by atoms with Gasteiger partial charge in [0, 0.05) is 6.42 Å². The number of hydrogen-bond acceptors (Lipinski definition) is 3. The average Bonchev–Trinajstić information content (AvgIpc) is 2.28. The number of rotatable bonds is 2. The lowest BCUT2D eigenvalue weighted by molar-refractivity contribution is -0.125. The molecular formula is C12H14O3. The molecule has 1 aromatic carbocycles. The van der Waals surface area contributed by atoms with E-state index in [9.17, 15) is 9.90 Å². The molecule has 3 heteroatoms. The summed E-state index contributed by atoms with van der Waals surface area (Å²) in [5.41, 5.74) is 0.945. The fourth-order valence-electron chi connectivity index (χ4n) is 2.11. The number of carbonyl (C=O) groups is 1. The zero-order valence-electron chi connectivity index (χ0n) is 8.69. The monoisotopic (exact) mass is 206 g/mol. The molecule has 1 atom stereocenters. The highest BCUT2D eigenvalue weighted by Gasteiger charge is 2.32. The smallest absolute Gasteiger partial charge is 0.151 e. The van der Waals surface area contributed by atoms with Gasteiger partial charge in [-0.1, -0.05) is 12.1 Å². The van der Waals surface area contributed by atoms with Crippen LogP contribution in [0.2, 0.25) is 0 Å². The Kier molecular flexibility index (Phi) is 2.49. The Morgan fingerprint density at radius 1 is 1.53 bits per heavy atom. The molecule has 0 aliphatic heterocycles. The largest absolute Gasteiger partial charge is 0.496 e. The Bertz CT molecular complexity index is 386. The van der Waals surface area contributed by atoms with E-state index in [-0.39, 0.29) is 0 Å². The van der Waals surface area contributed by atoms with Crippen molar-refractivity contribution in [1.29, 1.82) is 0 Å².